The predicted molar refractivity (Wildman–Crippen MR) is 95.1 cm³/mol. The highest BCUT2D eigenvalue weighted by Crippen LogP contribution is 2.26. The zero-order chi connectivity index (χ0) is 17.5. The molecule has 2 aromatic carbocycles. The van der Waals surface area contributed by atoms with E-state index in [1.807, 2.05) is 38.1 Å². The van der Waals surface area contributed by atoms with E-state index in [1.165, 1.54) is 12.3 Å². The maximum absolute atomic E-state index is 12.0. The molecular formula is C18H21N3O3. The van der Waals surface area contributed by atoms with Crippen LogP contribution in [0.15, 0.2) is 47.6 Å². The van der Waals surface area contributed by atoms with Crippen LogP contribution in [-0.4, -0.2) is 37.9 Å². The largest absolute Gasteiger partial charge is 0.504 e. The van der Waals surface area contributed by atoms with Crippen molar-refractivity contribution in [2.75, 3.05) is 25.6 Å². The van der Waals surface area contributed by atoms with Crippen molar-refractivity contribution in [1.82, 2.24) is 5.43 Å². The summed E-state index contributed by atoms with van der Waals surface area (Å²) in [4.78, 5) is 14.0. The third kappa shape index (κ3) is 4.49. The molecule has 2 aromatic rings. The number of ether oxygens (including phenoxy) is 1. The lowest BCUT2D eigenvalue weighted by Gasteiger charge is -2.12. The quantitative estimate of drug-likeness (QED) is 0.632. The molecule has 24 heavy (non-hydrogen) atoms. The Kier molecular flexibility index (Phi) is 5.78. The van der Waals surface area contributed by atoms with Gasteiger partial charge in [-0.15, -0.1) is 0 Å². The summed E-state index contributed by atoms with van der Waals surface area (Å²) in [5.41, 5.74) is 4.73. The number of phenols is 1. The van der Waals surface area contributed by atoms with Crippen LogP contribution in [0.25, 0.3) is 0 Å². The van der Waals surface area contributed by atoms with Crippen molar-refractivity contribution in [3.05, 3.63) is 53.6 Å². The molecule has 0 fully saturated rings. The second kappa shape index (κ2) is 8.01. The zero-order valence-electron chi connectivity index (χ0n) is 14.0. The van der Waals surface area contributed by atoms with Gasteiger partial charge in [0, 0.05) is 25.3 Å². The van der Waals surface area contributed by atoms with Crippen molar-refractivity contribution in [1.29, 1.82) is 0 Å². The molecule has 0 saturated heterocycles. The van der Waals surface area contributed by atoms with Crippen LogP contribution < -0.4 is 15.1 Å². The van der Waals surface area contributed by atoms with Crippen molar-refractivity contribution in [3.8, 4) is 11.5 Å². The molecule has 0 heterocycles. The van der Waals surface area contributed by atoms with Crippen molar-refractivity contribution in [2.45, 2.75) is 6.92 Å². The molecule has 6 nitrogen and oxygen atoms in total. The summed E-state index contributed by atoms with van der Waals surface area (Å²) < 4.78 is 5.30. The lowest BCUT2D eigenvalue weighted by molar-refractivity contribution is 0.0955. The van der Waals surface area contributed by atoms with Crippen LogP contribution in [0.1, 0.15) is 22.8 Å². The average Bonchev–Trinajstić information content (AvgIpc) is 2.58. The van der Waals surface area contributed by atoms with E-state index in [-0.39, 0.29) is 11.7 Å². The van der Waals surface area contributed by atoms with E-state index in [2.05, 4.69) is 10.5 Å². The van der Waals surface area contributed by atoms with E-state index >= 15 is 0 Å². The van der Waals surface area contributed by atoms with Gasteiger partial charge < -0.3 is 14.7 Å². The second-order valence-corrected chi connectivity index (χ2v) is 5.30. The van der Waals surface area contributed by atoms with E-state index in [9.17, 15) is 9.90 Å². The molecule has 0 aliphatic rings. The minimum absolute atomic E-state index is 0.0685. The first-order chi connectivity index (χ1) is 11.5. The Morgan fingerprint density at radius 2 is 1.96 bits per heavy atom. The summed E-state index contributed by atoms with van der Waals surface area (Å²) in [6.07, 6.45) is 1.49. The van der Waals surface area contributed by atoms with Crippen molar-refractivity contribution < 1.29 is 14.6 Å². The topological polar surface area (TPSA) is 74.2 Å². The Bertz CT molecular complexity index is 725. The minimum Gasteiger partial charge on any atom is -0.504 e. The van der Waals surface area contributed by atoms with E-state index in [0.29, 0.717) is 23.5 Å². The van der Waals surface area contributed by atoms with Crippen LogP contribution in [0, 0.1) is 0 Å². The smallest absolute Gasteiger partial charge is 0.271 e. The SMILES string of the molecule is CCOc1cc(C=NNC(=O)c2ccc(N(C)C)cc2)ccc1O. The number of rotatable bonds is 6. The number of hydrazone groups is 1. The summed E-state index contributed by atoms with van der Waals surface area (Å²) in [6, 6.07) is 12.1. The van der Waals surface area contributed by atoms with Gasteiger partial charge in [-0.25, -0.2) is 5.43 Å². The first-order valence-corrected chi connectivity index (χ1v) is 7.58. The number of aromatic hydroxyl groups is 1. The van der Waals surface area contributed by atoms with E-state index in [0.717, 1.165) is 5.69 Å². The molecule has 0 radical (unpaired) electrons. The van der Waals surface area contributed by atoms with Gasteiger partial charge in [0.25, 0.3) is 5.91 Å². The third-order valence-electron chi connectivity index (χ3n) is 3.31. The highest BCUT2D eigenvalue weighted by molar-refractivity contribution is 5.95. The Labute approximate surface area is 141 Å². The molecule has 0 aromatic heterocycles. The fourth-order valence-electron chi connectivity index (χ4n) is 2.02. The zero-order valence-corrected chi connectivity index (χ0v) is 14.0. The summed E-state index contributed by atoms with van der Waals surface area (Å²) in [6.45, 7) is 2.29. The monoisotopic (exact) mass is 327 g/mol. The predicted octanol–water partition coefficient (Wildman–Crippen LogP) is 2.62. The van der Waals surface area contributed by atoms with Gasteiger partial charge in [0.2, 0.25) is 0 Å². The molecule has 0 atom stereocenters. The lowest BCUT2D eigenvalue weighted by Crippen LogP contribution is -2.18. The summed E-state index contributed by atoms with van der Waals surface area (Å²) >= 11 is 0. The van der Waals surface area contributed by atoms with Gasteiger partial charge in [-0.3, -0.25) is 4.79 Å². The summed E-state index contributed by atoms with van der Waals surface area (Å²) in [7, 11) is 3.88. The molecule has 1 amide bonds. The average molecular weight is 327 g/mol. The number of benzene rings is 2. The van der Waals surface area contributed by atoms with Gasteiger partial charge in [-0.1, -0.05) is 0 Å². The lowest BCUT2D eigenvalue weighted by atomic mass is 10.2. The van der Waals surface area contributed by atoms with Gasteiger partial charge >= 0.3 is 0 Å². The number of anilines is 1. The fourth-order valence-corrected chi connectivity index (χ4v) is 2.02. The number of carbonyl (C=O) groups is 1. The van der Waals surface area contributed by atoms with Crippen LogP contribution in [-0.2, 0) is 0 Å². The van der Waals surface area contributed by atoms with Crippen LogP contribution in [0.3, 0.4) is 0 Å². The van der Waals surface area contributed by atoms with Crippen LogP contribution in [0.2, 0.25) is 0 Å². The Morgan fingerprint density at radius 3 is 2.58 bits per heavy atom. The number of hydrogen-bond acceptors (Lipinski definition) is 5. The Morgan fingerprint density at radius 1 is 1.25 bits per heavy atom. The molecule has 0 bridgehead atoms. The van der Waals surface area contributed by atoms with Gasteiger partial charge in [-0.2, -0.15) is 5.10 Å². The van der Waals surface area contributed by atoms with Crippen LogP contribution in [0.5, 0.6) is 11.5 Å². The minimum atomic E-state index is -0.291. The number of nitrogens with zero attached hydrogens (tertiary/aromatic N) is 2. The molecule has 126 valence electrons. The van der Waals surface area contributed by atoms with E-state index in [1.54, 1.807) is 24.3 Å². The molecule has 0 saturated carbocycles. The maximum Gasteiger partial charge on any atom is 0.271 e. The molecule has 0 spiro atoms. The van der Waals surface area contributed by atoms with Crippen LogP contribution >= 0.6 is 0 Å². The molecule has 2 rings (SSSR count). The maximum atomic E-state index is 12.0. The normalized spacial score (nSPS) is 10.6. The van der Waals surface area contributed by atoms with E-state index < -0.39 is 0 Å². The Hall–Kier alpha value is -3.02. The summed E-state index contributed by atoms with van der Waals surface area (Å²) in [5.74, 6) is 0.159. The highest BCUT2D eigenvalue weighted by atomic mass is 16.5. The van der Waals surface area contributed by atoms with Gasteiger partial charge in [0.05, 0.1) is 12.8 Å². The number of carbonyl (C=O) groups excluding carboxylic acids is 1. The molecule has 6 heteroatoms. The number of phenolic OH excluding ortho intramolecular Hbond substituents is 1. The van der Waals surface area contributed by atoms with Crippen molar-refractivity contribution in [3.63, 3.8) is 0 Å². The van der Waals surface area contributed by atoms with E-state index in [4.69, 9.17) is 4.74 Å². The van der Waals surface area contributed by atoms with Crippen molar-refractivity contribution in [2.24, 2.45) is 5.10 Å². The van der Waals surface area contributed by atoms with Gasteiger partial charge in [0.15, 0.2) is 11.5 Å². The fraction of sp³-hybridized carbons (Fsp3) is 0.222. The molecule has 2 N–H and O–H groups in total. The third-order valence-corrected chi connectivity index (χ3v) is 3.31. The number of amides is 1. The van der Waals surface area contributed by atoms with Gasteiger partial charge in [-0.05, 0) is 55.0 Å². The number of hydrogen-bond donors (Lipinski definition) is 2. The van der Waals surface area contributed by atoms with Gasteiger partial charge in [0.1, 0.15) is 0 Å². The first-order valence-electron chi connectivity index (χ1n) is 7.58. The molecule has 0 unspecified atom stereocenters. The first kappa shape index (κ1) is 17.3. The summed E-state index contributed by atoms with van der Waals surface area (Å²) in [5, 5.41) is 13.6. The number of nitrogens with one attached hydrogen (secondary N) is 1. The molecule has 0 aliphatic heterocycles. The molecular weight excluding hydrogens is 306 g/mol. The second-order valence-electron chi connectivity index (χ2n) is 5.30. The highest BCUT2D eigenvalue weighted by Gasteiger charge is 2.05. The van der Waals surface area contributed by atoms with Crippen molar-refractivity contribution >= 4 is 17.8 Å². The van der Waals surface area contributed by atoms with Crippen LogP contribution in [0.4, 0.5) is 5.69 Å². The molecule has 0 aliphatic carbocycles. The Balaban J connectivity index is 2.00. The standard InChI is InChI=1S/C18H21N3O3/c1-4-24-17-11-13(5-10-16(17)22)12-19-20-18(23)14-6-8-15(9-7-14)21(2)3/h5-12,22H,4H2,1-3H3,(H,20,23).